The van der Waals surface area contributed by atoms with Crippen LogP contribution in [0.1, 0.15) is 20.9 Å². The number of aryl methyl sites for hydroxylation is 1. The van der Waals surface area contributed by atoms with Crippen LogP contribution in [0, 0.1) is 0 Å². The van der Waals surface area contributed by atoms with Crippen molar-refractivity contribution in [2.45, 2.75) is 4.84 Å². The summed E-state index contributed by atoms with van der Waals surface area (Å²) in [5, 5.41) is 3.98. The molecule has 0 saturated heterocycles. The van der Waals surface area contributed by atoms with Gasteiger partial charge in [0.2, 0.25) is 0 Å². The number of esters is 1. The highest BCUT2D eigenvalue weighted by Crippen LogP contribution is 2.26. The standard InChI is InChI=1S/C9H12Cl2N2O3/c1-13-5-6(7(12-13)8(10)11)9(14)16-4-3-15-2/h5,8H,3-4H2,1-2H3. The van der Waals surface area contributed by atoms with Crippen molar-refractivity contribution in [2.75, 3.05) is 20.3 Å². The van der Waals surface area contributed by atoms with Gasteiger partial charge < -0.3 is 9.47 Å². The van der Waals surface area contributed by atoms with Gasteiger partial charge in [-0.05, 0) is 0 Å². The molecular formula is C9H12Cl2N2O3. The summed E-state index contributed by atoms with van der Waals surface area (Å²) in [6, 6.07) is 0. The van der Waals surface area contributed by atoms with E-state index < -0.39 is 10.8 Å². The van der Waals surface area contributed by atoms with Gasteiger partial charge in [0.05, 0.1) is 6.61 Å². The minimum atomic E-state index is -0.855. The summed E-state index contributed by atoms with van der Waals surface area (Å²) in [7, 11) is 3.20. The number of rotatable bonds is 5. The van der Waals surface area contributed by atoms with Gasteiger partial charge in [-0.2, -0.15) is 5.10 Å². The average molecular weight is 267 g/mol. The van der Waals surface area contributed by atoms with Gasteiger partial charge in [0, 0.05) is 20.4 Å². The van der Waals surface area contributed by atoms with Crippen molar-refractivity contribution in [3.63, 3.8) is 0 Å². The number of ether oxygens (including phenoxy) is 2. The zero-order valence-corrected chi connectivity index (χ0v) is 10.5. The predicted octanol–water partition coefficient (Wildman–Crippen LogP) is 1.70. The highest BCUT2D eigenvalue weighted by molar-refractivity contribution is 6.44. The van der Waals surface area contributed by atoms with Gasteiger partial charge in [-0.15, -0.1) is 0 Å². The van der Waals surface area contributed by atoms with E-state index in [-0.39, 0.29) is 12.2 Å². The van der Waals surface area contributed by atoms with Gasteiger partial charge in [0.25, 0.3) is 0 Å². The van der Waals surface area contributed by atoms with Crippen molar-refractivity contribution in [1.82, 2.24) is 9.78 Å². The first kappa shape index (κ1) is 13.3. The summed E-state index contributed by atoms with van der Waals surface area (Å²) in [5.74, 6) is -0.508. The second kappa shape index (κ2) is 6.08. The molecule has 5 nitrogen and oxygen atoms in total. The van der Waals surface area contributed by atoms with E-state index in [1.165, 1.54) is 18.0 Å². The smallest absolute Gasteiger partial charge is 0.341 e. The molecule has 0 saturated carbocycles. The molecule has 0 spiro atoms. The number of alkyl halides is 2. The van der Waals surface area contributed by atoms with Crippen LogP contribution in [0.4, 0.5) is 0 Å². The SMILES string of the molecule is COCCOC(=O)c1cn(C)nc1C(Cl)Cl. The van der Waals surface area contributed by atoms with Gasteiger partial charge in [0.15, 0.2) is 4.84 Å². The van der Waals surface area contributed by atoms with Gasteiger partial charge in [-0.3, -0.25) is 4.68 Å². The average Bonchev–Trinajstić information content (AvgIpc) is 2.61. The van der Waals surface area contributed by atoms with Gasteiger partial charge in [-0.25, -0.2) is 4.79 Å². The first-order valence-corrected chi connectivity index (χ1v) is 5.41. The van der Waals surface area contributed by atoms with Crippen molar-refractivity contribution in [3.8, 4) is 0 Å². The van der Waals surface area contributed by atoms with Crippen LogP contribution in [-0.2, 0) is 16.5 Å². The molecule has 0 N–H and O–H groups in total. The monoisotopic (exact) mass is 266 g/mol. The van der Waals surface area contributed by atoms with Crippen LogP contribution in [0.5, 0.6) is 0 Å². The van der Waals surface area contributed by atoms with Crippen molar-refractivity contribution in [3.05, 3.63) is 17.5 Å². The highest BCUT2D eigenvalue weighted by atomic mass is 35.5. The lowest BCUT2D eigenvalue weighted by atomic mass is 10.3. The molecule has 7 heteroatoms. The minimum absolute atomic E-state index is 0.179. The Kier molecular flexibility index (Phi) is 5.05. The van der Waals surface area contributed by atoms with Gasteiger partial charge >= 0.3 is 5.97 Å². The molecule has 1 heterocycles. The first-order chi connectivity index (χ1) is 7.56. The molecule has 0 aliphatic heterocycles. The Hall–Kier alpha value is -0.780. The highest BCUT2D eigenvalue weighted by Gasteiger charge is 2.21. The van der Waals surface area contributed by atoms with E-state index in [4.69, 9.17) is 32.7 Å². The zero-order chi connectivity index (χ0) is 12.1. The number of carbonyl (C=O) groups excluding carboxylic acids is 1. The van der Waals surface area contributed by atoms with E-state index in [2.05, 4.69) is 5.10 Å². The topological polar surface area (TPSA) is 53.4 Å². The van der Waals surface area contributed by atoms with E-state index in [0.717, 1.165) is 0 Å². The molecule has 16 heavy (non-hydrogen) atoms. The number of hydrogen-bond acceptors (Lipinski definition) is 4. The fourth-order valence-corrected chi connectivity index (χ4v) is 1.44. The van der Waals surface area contributed by atoms with Crippen molar-refractivity contribution >= 4 is 29.2 Å². The second-order valence-electron chi connectivity index (χ2n) is 3.03. The Morgan fingerprint density at radius 2 is 2.25 bits per heavy atom. The maximum absolute atomic E-state index is 11.6. The van der Waals surface area contributed by atoms with Crippen molar-refractivity contribution < 1.29 is 14.3 Å². The summed E-state index contributed by atoms with van der Waals surface area (Å²) in [6.07, 6.45) is 1.52. The van der Waals surface area contributed by atoms with Gasteiger partial charge in [0.1, 0.15) is 17.9 Å². The Labute approximate surface area is 103 Å². The van der Waals surface area contributed by atoms with E-state index in [9.17, 15) is 4.79 Å². The Morgan fingerprint density at radius 1 is 1.56 bits per heavy atom. The molecule has 0 amide bonds. The number of methoxy groups -OCH3 is 1. The summed E-state index contributed by atoms with van der Waals surface area (Å²) in [4.78, 5) is 10.8. The molecule has 0 aliphatic rings. The molecule has 0 aromatic carbocycles. The largest absolute Gasteiger partial charge is 0.460 e. The molecule has 0 fully saturated rings. The lowest BCUT2D eigenvalue weighted by Gasteiger charge is -2.04. The van der Waals surface area contributed by atoms with Crippen LogP contribution >= 0.6 is 23.2 Å². The number of halogens is 2. The number of aromatic nitrogens is 2. The zero-order valence-electron chi connectivity index (χ0n) is 8.94. The van der Waals surface area contributed by atoms with Crippen LogP contribution in [0.2, 0.25) is 0 Å². The van der Waals surface area contributed by atoms with Crippen molar-refractivity contribution in [2.24, 2.45) is 7.05 Å². The minimum Gasteiger partial charge on any atom is -0.460 e. The lowest BCUT2D eigenvalue weighted by molar-refractivity contribution is 0.0387. The van der Waals surface area contributed by atoms with Crippen LogP contribution < -0.4 is 0 Å². The van der Waals surface area contributed by atoms with Gasteiger partial charge in [-0.1, -0.05) is 23.2 Å². The molecule has 0 aliphatic carbocycles. The summed E-state index contributed by atoms with van der Waals surface area (Å²) in [6.45, 7) is 0.519. The first-order valence-electron chi connectivity index (χ1n) is 4.54. The Morgan fingerprint density at radius 3 is 2.81 bits per heavy atom. The lowest BCUT2D eigenvalue weighted by Crippen LogP contribution is -2.11. The van der Waals surface area contributed by atoms with Crippen LogP contribution in [0.25, 0.3) is 0 Å². The normalized spacial score (nSPS) is 10.8. The molecule has 1 aromatic heterocycles. The second-order valence-corrected chi connectivity index (χ2v) is 4.13. The summed E-state index contributed by atoms with van der Waals surface area (Å²) < 4.78 is 11.2. The maximum atomic E-state index is 11.6. The van der Waals surface area contributed by atoms with E-state index in [0.29, 0.717) is 12.3 Å². The maximum Gasteiger partial charge on any atom is 0.341 e. The predicted molar refractivity (Wildman–Crippen MR) is 59.8 cm³/mol. The molecule has 0 atom stereocenters. The van der Waals surface area contributed by atoms with E-state index >= 15 is 0 Å². The molecule has 1 aromatic rings. The number of carbonyl (C=O) groups is 1. The molecule has 1 rings (SSSR count). The fraction of sp³-hybridized carbons (Fsp3) is 0.556. The third-order valence-corrected chi connectivity index (χ3v) is 2.22. The Balaban J connectivity index is 2.74. The fourth-order valence-electron chi connectivity index (χ4n) is 1.12. The molecule has 0 bridgehead atoms. The third-order valence-electron chi connectivity index (χ3n) is 1.80. The van der Waals surface area contributed by atoms with Crippen molar-refractivity contribution in [1.29, 1.82) is 0 Å². The third kappa shape index (κ3) is 3.37. The molecule has 0 unspecified atom stereocenters. The van der Waals surface area contributed by atoms with E-state index in [1.807, 2.05) is 0 Å². The molecule has 0 radical (unpaired) electrons. The molecular weight excluding hydrogens is 255 g/mol. The summed E-state index contributed by atoms with van der Waals surface area (Å²) in [5.41, 5.74) is 0.571. The Bertz CT molecular complexity index is 366. The van der Waals surface area contributed by atoms with Crippen LogP contribution in [0.3, 0.4) is 0 Å². The van der Waals surface area contributed by atoms with E-state index in [1.54, 1.807) is 7.05 Å². The summed E-state index contributed by atoms with van der Waals surface area (Å²) >= 11 is 11.4. The number of hydrogen-bond donors (Lipinski definition) is 0. The molecule has 90 valence electrons. The van der Waals surface area contributed by atoms with Crippen LogP contribution in [-0.4, -0.2) is 36.1 Å². The number of nitrogens with zero attached hydrogens (tertiary/aromatic N) is 2. The quantitative estimate of drug-likeness (QED) is 0.463. The van der Waals surface area contributed by atoms with Crippen LogP contribution in [0.15, 0.2) is 6.20 Å².